The Morgan fingerprint density at radius 3 is 2.86 bits per heavy atom. The van der Waals surface area contributed by atoms with Gasteiger partial charge in [0.05, 0.1) is 18.0 Å². The van der Waals surface area contributed by atoms with Crippen molar-refractivity contribution in [1.29, 1.82) is 0 Å². The monoisotopic (exact) mass is 323 g/mol. The number of hydrogen-bond donors (Lipinski definition) is 1. The van der Waals surface area contributed by atoms with E-state index in [0.29, 0.717) is 25.5 Å². The van der Waals surface area contributed by atoms with Gasteiger partial charge in [0, 0.05) is 11.4 Å². The highest BCUT2D eigenvalue weighted by atomic mass is 32.1. The van der Waals surface area contributed by atoms with Gasteiger partial charge in [0.25, 0.3) is 0 Å². The highest BCUT2D eigenvalue weighted by molar-refractivity contribution is 7.14. The van der Waals surface area contributed by atoms with Gasteiger partial charge in [-0.05, 0) is 32.9 Å². The van der Waals surface area contributed by atoms with Crippen LogP contribution in [0.4, 0.5) is 4.79 Å². The molecule has 0 aromatic carbocycles. The quantitative estimate of drug-likeness (QED) is 0.902. The Hall–Kier alpha value is -1.60. The molecule has 1 aromatic heterocycles. The third kappa shape index (κ3) is 3.10. The zero-order valence-corrected chi connectivity index (χ0v) is 13.9. The molecular formula is C15H21N3O3S. The zero-order chi connectivity index (χ0) is 15.9. The molecule has 2 aliphatic heterocycles. The van der Waals surface area contributed by atoms with Gasteiger partial charge < -0.3 is 20.1 Å². The number of amides is 1. The molecule has 0 spiro atoms. The first kappa shape index (κ1) is 15.3. The predicted molar refractivity (Wildman–Crippen MR) is 85.2 cm³/mol. The van der Waals surface area contributed by atoms with Crippen molar-refractivity contribution in [2.75, 3.05) is 13.1 Å². The number of carbonyl (C=O) groups excluding carboxylic acids is 1. The smallest absolute Gasteiger partial charge is 0.410 e. The van der Waals surface area contributed by atoms with E-state index in [1.165, 1.54) is 0 Å². The summed E-state index contributed by atoms with van der Waals surface area (Å²) < 4.78 is 11.3. The van der Waals surface area contributed by atoms with Crippen LogP contribution < -0.4 is 5.73 Å². The topological polar surface area (TPSA) is 77.2 Å². The SMILES string of the molecule is CC(C)(C)OC(=O)N1CC2N=C(c3ccc(CN)s3)OC2C1. The molecule has 2 unspecified atom stereocenters. The summed E-state index contributed by atoms with van der Waals surface area (Å²) in [4.78, 5) is 20.5. The van der Waals surface area contributed by atoms with Gasteiger partial charge in [0.2, 0.25) is 5.90 Å². The predicted octanol–water partition coefficient (Wildman–Crippen LogP) is 1.97. The minimum absolute atomic E-state index is 0.00838. The molecule has 0 radical (unpaired) electrons. The van der Waals surface area contributed by atoms with Crippen LogP contribution in [-0.2, 0) is 16.0 Å². The van der Waals surface area contributed by atoms with E-state index in [4.69, 9.17) is 15.2 Å². The fraction of sp³-hybridized carbons (Fsp3) is 0.600. The van der Waals surface area contributed by atoms with Crippen LogP contribution in [0.3, 0.4) is 0 Å². The molecular weight excluding hydrogens is 302 g/mol. The molecule has 1 saturated heterocycles. The number of nitrogens with zero attached hydrogens (tertiary/aromatic N) is 2. The molecule has 7 heteroatoms. The second-order valence-corrected chi connectivity index (χ2v) is 7.68. The highest BCUT2D eigenvalue weighted by Gasteiger charge is 2.43. The van der Waals surface area contributed by atoms with Gasteiger partial charge in [-0.3, -0.25) is 0 Å². The Morgan fingerprint density at radius 1 is 1.50 bits per heavy atom. The van der Waals surface area contributed by atoms with Crippen LogP contribution in [0.15, 0.2) is 17.1 Å². The Morgan fingerprint density at radius 2 is 2.27 bits per heavy atom. The van der Waals surface area contributed by atoms with Gasteiger partial charge in [-0.2, -0.15) is 0 Å². The lowest BCUT2D eigenvalue weighted by atomic mass is 10.2. The van der Waals surface area contributed by atoms with Gasteiger partial charge in [-0.15, -0.1) is 11.3 Å². The summed E-state index contributed by atoms with van der Waals surface area (Å²) in [7, 11) is 0. The normalized spacial score (nSPS) is 24.0. The van der Waals surface area contributed by atoms with E-state index in [0.717, 1.165) is 9.75 Å². The average molecular weight is 323 g/mol. The maximum Gasteiger partial charge on any atom is 0.410 e. The number of hydrogen-bond acceptors (Lipinski definition) is 6. The van der Waals surface area contributed by atoms with Gasteiger partial charge in [0.1, 0.15) is 17.7 Å². The molecule has 22 heavy (non-hydrogen) atoms. The van der Waals surface area contributed by atoms with E-state index in [9.17, 15) is 4.79 Å². The summed E-state index contributed by atoms with van der Waals surface area (Å²) in [5.41, 5.74) is 5.14. The van der Waals surface area contributed by atoms with Crippen molar-refractivity contribution in [3.05, 3.63) is 21.9 Å². The fourth-order valence-electron chi connectivity index (χ4n) is 2.52. The number of nitrogens with two attached hydrogens (primary N) is 1. The third-order valence-corrected chi connectivity index (χ3v) is 4.60. The maximum absolute atomic E-state index is 12.1. The molecule has 0 saturated carbocycles. The largest absolute Gasteiger partial charge is 0.469 e. The lowest BCUT2D eigenvalue weighted by Crippen LogP contribution is -2.36. The molecule has 3 heterocycles. The number of fused-ring (bicyclic) bond motifs is 1. The van der Waals surface area contributed by atoms with Crippen molar-refractivity contribution in [3.8, 4) is 0 Å². The molecule has 1 fully saturated rings. The van der Waals surface area contributed by atoms with Crippen LogP contribution in [0.2, 0.25) is 0 Å². The summed E-state index contributed by atoms with van der Waals surface area (Å²) in [6, 6.07) is 3.97. The number of carbonyl (C=O) groups is 1. The van der Waals surface area contributed by atoms with Crippen molar-refractivity contribution >= 4 is 23.3 Å². The number of aliphatic imine (C=N–C) groups is 1. The number of thiophene rings is 1. The first-order valence-electron chi connectivity index (χ1n) is 7.37. The molecule has 0 bridgehead atoms. The Labute approximate surface area is 133 Å². The lowest BCUT2D eigenvalue weighted by molar-refractivity contribution is 0.0272. The molecule has 2 atom stereocenters. The van der Waals surface area contributed by atoms with Crippen LogP contribution in [-0.4, -0.2) is 47.7 Å². The van der Waals surface area contributed by atoms with Crippen molar-refractivity contribution in [1.82, 2.24) is 4.90 Å². The van der Waals surface area contributed by atoms with Crippen molar-refractivity contribution < 1.29 is 14.3 Å². The molecule has 3 rings (SSSR count). The zero-order valence-electron chi connectivity index (χ0n) is 13.0. The average Bonchev–Trinajstić information content (AvgIpc) is 3.09. The van der Waals surface area contributed by atoms with E-state index in [1.807, 2.05) is 32.9 Å². The summed E-state index contributed by atoms with van der Waals surface area (Å²) in [6.45, 7) is 7.16. The Kier molecular flexibility index (Phi) is 3.86. The van der Waals surface area contributed by atoms with Crippen molar-refractivity contribution in [2.45, 2.75) is 45.1 Å². The lowest BCUT2D eigenvalue weighted by Gasteiger charge is -2.24. The van der Waals surface area contributed by atoms with Crippen molar-refractivity contribution in [3.63, 3.8) is 0 Å². The second kappa shape index (κ2) is 5.55. The molecule has 2 aliphatic rings. The fourth-order valence-corrected chi connectivity index (χ4v) is 3.35. The van der Waals surface area contributed by atoms with Crippen LogP contribution in [0.25, 0.3) is 0 Å². The first-order chi connectivity index (χ1) is 10.4. The Bertz CT molecular complexity index is 605. The van der Waals surface area contributed by atoms with E-state index in [-0.39, 0.29) is 18.2 Å². The Balaban J connectivity index is 1.64. The van der Waals surface area contributed by atoms with E-state index in [2.05, 4.69) is 4.99 Å². The van der Waals surface area contributed by atoms with Crippen LogP contribution in [0.1, 0.15) is 30.5 Å². The van der Waals surface area contributed by atoms with E-state index >= 15 is 0 Å². The van der Waals surface area contributed by atoms with Crippen molar-refractivity contribution in [2.24, 2.45) is 10.7 Å². The maximum atomic E-state index is 12.1. The molecule has 2 N–H and O–H groups in total. The summed E-state index contributed by atoms with van der Waals surface area (Å²) in [6.07, 6.45) is -0.380. The van der Waals surface area contributed by atoms with Gasteiger partial charge in [-0.25, -0.2) is 9.79 Å². The summed E-state index contributed by atoms with van der Waals surface area (Å²) in [5, 5.41) is 0. The minimum Gasteiger partial charge on any atom is -0.469 e. The van der Waals surface area contributed by atoms with Gasteiger partial charge >= 0.3 is 6.09 Å². The number of likely N-dealkylation sites (tertiary alicyclic amines) is 1. The molecule has 120 valence electrons. The summed E-state index contributed by atoms with van der Waals surface area (Å²) >= 11 is 1.60. The molecule has 0 aliphatic carbocycles. The first-order valence-corrected chi connectivity index (χ1v) is 8.19. The van der Waals surface area contributed by atoms with Crippen LogP contribution in [0.5, 0.6) is 0 Å². The molecule has 6 nitrogen and oxygen atoms in total. The highest BCUT2D eigenvalue weighted by Crippen LogP contribution is 2.28. The summed E-state index contributed by atoms with van der Waals surface area (Å²) in [5.74, 6) is 0.670. The molecule has 1 aromatic rings. The van der Waals surface area contributed by atoms with Crippen LogP contribution >= 0.6 is 11.3 Å². The van der Waals surface area contributed by atoms with Gasteiger partial charge in [0.15, 0.2) is 0 Å². The second-order valence-electron chi connectivity index (χ2n) is 6.51. The number of rotatable bonds is 2. The molecule has 1 amide bonds. The van der Waals surface area contributed by atoms with Crippen LogP contribution in [0, 0.1) is 0 Å². The van der Waals surface area contributed by atoms with E-state index in [1.54, 1.807) is 16.2 Å². The van der Waals surface area contributed by atoms with E-state index < -0.39 is 5.60 Å². The third-order valence-electron chi connectivity index (χ3n) is 3.51. The number of ether oxygens (including phenoxy) is 2. The minimum atomic E-state index is -0.486. The standard InChI is InChI=1S/C15H21N3O3S/c1-15(2,3)21-14(19)18-7-10-11(8-18)20-13(17-10)12-5-4-9(6-16)22-12/h4-5,10-11H,6-8,16H2,1-3H3. The van der Waals surface area contributed by atoms with Gasteiger partial charge in [-0.1, -0.05) is 0 Å².